The molecule has 2 aromatic carbocycles. The van der Waals surface area contributed by atoms with E-state index in [2.05, 4.69) is 10.3 Å². The van der Waals surface area contributed by atoms with E-state index in [1.165, 1.54) is 41.9 Å². The largest absolute Gasteiger partial charge is 0.465 e. The van der Waals surface area contributed by atoms with E-state index in [4.69, 9.17) is 4.74 Å². The quantitative estimate of drug-likeness (QED) is 0.279. The SMILES string of the molecule is Cc1cc(-c2cnc3c(N(CC(F)F)C(=O)O)cc(Oc4cccc(F)c4C)cn23)ccc1C(=O)NC1CC1. The third-order valence-electron chi connectivity index (χ3n) is 6.53. The number of hydrogen-bond acceptors (Lipinski definition) is 4. The molecule has 1 saturated carbocycles. The number of fused-ring (bicyclic) bond motifs is 1. The standard InChI is InChI=1S/C28H25F3N4O4/c1-15-10-17(6-9-20(15)27(36)33-18-7-8-18)23-12-32-26-22(35(28(37)38)14-25(30)31)11-19(13-34(23)26)39-24-5-3-4-21(29)16(24)2/h3-6,9-13,18,25H,7-8,14H2,1-2H3,(H,33,36)(H,37,38). The first kappa shape index (κ1) is 26.1. The van der Waals surface area contributed by atoms with E-state index in [1.807, 2.05) is 0 Å². The van der Waals surface area contributed by atoms with Gasteiger partial charge in [0, 0.05) is 28.8 Å². The number of imidazole rings is 1. The van der Waals surface area contributed by atoms with Crippen LogP contribution in [-0.2, 0) is 0 Å². The number of carboxylic acid groups (broad SMARTS) is 1. The molecule has 2 N–H and O–H groups in total. The lowest BCUT2D eigenvalue weighted by molar-refractivity contribution is 0.0950. The van der Waals surface area contributed by atoms with Gasteiger partial charge in [0.05, 0.1) is 30.3 Å². The van der Waals surface area contributed by atoms with Crippen LogP contribution in [0.1, 0.15) is 34.3 Å². The highest BCUT2D eigenvalue weighted by molar-refractivity contribution is 5.97. The van der Waals surface area contributed by atoms with Crippen LogP contribution in [0.15, 0.2) is 54.9 Å². The van der Waals surface area contributed by atoms with Gasteiger partial charge in [0.25, 0.3) is 12.3 Å². The van der Waals surface area contributed by atoms with Gasteiger partial charge in [-0.3, -0.25) is 14.1 Å². The number of halogens is 3. The predicted molar refractivity (Wildman–Crippen MR) is 138 cm³/mol. The van der Waals surface area contributed by atoms with E-state index in [-0.39, 0.29) is 40.3 Å². The van der Waals surface area contributed by atoms with Gasteiger partial charge in [-0.05, 0) is 56.5 Å². The van der Waals surface area contributed by atoms with E-state index in [0.717, 1.165) is 12.8 Å². The maximum Gasteiger partial charge on any atom is 0.412 e. The van der Waals surface area contributed by atoms with E-state index >= 15 is 0 Å². The second-order valence-electron chi connectivity index (χ2n) is 9.42. The maximum absolute atomic E-state index is 14.1. The second-order valence-corrected chi connectivity index (χ2v) is 9.42. The molecular formula is C28H25F3N4O4. The molecule has 0 bridgehead atoms. The molecular weight excluding hydrogens is 513 g/mol. The van der Waals surface area contributed by atoms with Crippen molar-refractivity contribution in [2.45, 2.75) is 39.2 Å². The fourth-order valence-electron chi connectivity index (χ4n) is 4.32. The van der Waals surface area contributed by atoms with Crippen molar-refractivity contribution in [3.63, 3.8) is 0 Å². The predicted octanol–water partition coefficient (Wildman–Crippen LogP) is 6.19. The Morgan fingerprint density at radius 3 is 2.64 bits per heavy atom. The Balaban J connectivity index is 1.62. The van der Waals surface area contributed by atoms with Crippen molar-refractivity contribution in [1.29, 1.82) is 0 Å². The lowest BCUT2D eigenvalue weighted by atomic mass is 10.0. The Kier molecular flexibility index (Phi) is 6.90. The van der Waals surface area contributed by atoms with Gasteiger partial charge in [-0.1, -0.05) is 12.1 Å². The molecule has 5 rings (SSSR count). The number of pyridine rings is 1. The number of nitrogens with zero attached hydrogens (tertiary/aromatic N) is 3. The number of benzene rings is 2. The lowest BCUT2D eigenvalue weighted by Gasteiger charge is -2.21. The van der Waals surface area contributed by atoms with Crippen molar-refractivity contribution >= 4 is 23.3 Å². The normalized spacial score (nSPS) is 13.1. The summed E-state index contributed by atoms with van der Waals surface area (Å²) in [6.45, 7) is 2.24. The lowest BCUT2D eigenvalue weighted by Crippen LogP contribution is -2.34. The van der Waals surface area contributed by atoms with Crippen molar-refractivity contribution < 1.29 is 32.6 Å². The highest BCUT2D eigenvalue weighted by atomic mass is 19.3. The van der Waals surface area contributed by atoms with Gasteiger partial charge in [0.1, 0.15) is 17.3 Å². The van der Waals surface area contributed by atoms with Crippen molar-refractivity contribution in [1.82, 2.24) is 14.7 Å². The summed E-state index contributed by atoms with van der Waals surface area (Å²) in [4.78, 5) is 29.4. The molecule has 202 valence electrons. The molecule has 39 heavy (non-hydrogen) atoms. The summed E-state index contributed by atoms with van der Waals surface area (Å²) < 4.78 is 48.2. The third-order valence-corrected chi connectivity index (χ3v) is 6.53. The average molecular weight is 539 g/mol. The number of carbonyl (C=O) groups excluding carboxylic acids is 1. The molecule has 1 aliphatic carbocycles. The first-order valence-electron chi connectivity index (χ1n) is 12.3. The van der Waals surface area contributed by atoms with Gasteiger partial charge < -0.3 is 15.2 Å². The molecule has 2 heterocycles. The maximum atomic E-state index is 14.1. The Morgan fingerprint density at radius 2 is 1.97 bits per heavy atom. The molecule has 0 unspecified atom stereocenters. The summed E-state index contributed by atoms with van der Waals surface area (Å²) in [5, 5.41) is 12.7. The Morgan fingerprint density at radius 1 is 1.21 bits per heavy atom. The van der Waals surface area contributed by atoms with Crippen molar-refractivity contribution in [2.75, 3.05) is 11.4 Å². The first-order chi connectivity index (χ1) is 18.6. The zero-order chi connectivity index (χ0) is 27.8. The Bertz CT molecular complexity index is 1580. The van der Waals surface area contributed by atoms with Crippen LogP contribution in [0.5, 0.6) is 11.5 Å². The van der Waals surface area contributed by atoms with E-state index < -0.39 is 24.9 Å². The Labute approximate surface area is 221 Å². The summed E-state index contributed by atoms with van der Waals surface area (Å²) >= 11 is 0. The number of rotatable bonds is 8. The zero-order valence-corrected chi connectivity index (χ0v) is 21.1. The number of amides is 2. The van der Waals surface area contributed by atoms with E-state index in [9.17, 15) is 27.9 Å². The number of hydrogen-bond donors (Lipinski definition) is 2. The number of nitrogens with one attached hydrogen (secondary N) is 1. The molecule has 0 atom stereocenters. The van der Waals surface area contributed by atoms with Gasteiger partial charge in [-0.25, -0.2) is 22.9 Å². The highest BCUT2D eigenvalue weighted by Gasteiger charge is 2.26. The number of aromatic nitrogens is 2. The molecule has 1 fully saturated rings. The van der Waals surface area contributed by atoms with Crippen LogP contribution in [0.2, 0.25) is 0 Å². The van der Waals surface area contributed by atoms with Crippen LogP contribution in [0.3, 0.4) is 0 Å². The smallest absolute Gasteiger partial charge is 0.412 e. The zero-order valence-electron chi connectivity index (χ0n) is 21.1. The molecule has 0 aliphatic heterocycles. The van der Waals surface area contributed by atoms with Crippen LogP contribution in [0.4, 0.5) is 23.7 Å². The summed E-state index contributed by atoms with van der Waals surface area (Å²) in [5.74, 6) is -0.391. The molecule has 0 spiro atoms. The monoisotopic (exact) mass is 538 g/mol. The van der Waals surface area contributed by atoms with Gasteiger partial charge >= 0.3 is 6.09 Å². The van der Waals surface area contributed by atoms with Crippen LogP contribution >= 0.6 is 0 Å². The van der Waals surface area contributed by atoms with Crippen molar-refractivity contribution in [3.05, 3.63) is 77.4 Å². The van der Waals surface area contributed by atoms with Gasteiger partial charge in [0.2, 0.25) is 0 Å². The molecule has 2 amide bonds. The van der Waals surface area contributed by atoms with E-state index in [1.54, 1.807) is 31.2 Å². The third kappa shape index (κ3) is 5.38. The molecule has 8 nitrogen and oxygen atoms in total. The number of aryl methyl sites for hydroxylation is 1. The molecule has 4 aromatic rings. The van der Waals surface area contributed by atoms with Crippen molar-refractivity contribution in [3.8, 4) is 22.8 Å². The van der Waals surface area contributed by atoms with Crippen LogP contribution in [0, 0.1) is 19.7 Å². The molecule has 1 aliphatic rings. The topological polar surface area (TPSA) is 96.2 Å². The minimum absolute atomic E-state index is 0.0862. The van der Waals surface area contributed by atoms with Crippen LogP contribution in [0.25, 0.3) is 16.9 Å². The summed E-state index contributed by atoms with van der Waals surface area (Å²) in [5.41, 5.74) is 2.61. The number of ether oxygens (including phenoxy) is 1. The van der Waals surface area contributed by atoms with Gasteiger partial charge in [0.15, 0.2) is 5.65 Å². The minimum atomic E-state index is -2.94. The van der Waals surface area contributed by atoms with Gasteiger partial charge in [-0.2, -0.15) is 0 Å². The summed E-state index contributed by atoms with van der Waals surface area (Å²) in [6, 6.07) is 11.0. The van der Waals surface area contributed by atoms with Crippen LogP contribution in [-0.4, -0.2) is 45.5 Å². The number of carbonyl (C=O) groups is 2. The average Bonchev–Trinajstić information content (AvgIpc) is 3.59. The highest BCUT2D eigenvalue weighted by Crippen LogP contribution is 2.35. The van der Waals surface area contributed by atoms with E-state index in [0.29, 0.717) is 27.3 Å². The van der Waals surface area contributed by atoms with Crippen molar-refractivity contribution in [2.24, 2.45) is 0 Å². The van der Waals surface area contributed by atoms with Crippen LogP contribution < -0.4 is 15.0 Å². The summed E-state index contributed by atoms with van der Waals surface area (Å²) in [6.07, 6.45) is 0.399. The van der Waals surface area contributed by atoms with Gasteiger partial charge in [-0.15, -0.1) is 0 Å². The Hall–Kier alpha value is -4.54. The molecule has 0 radical (unpaired) electrons. The molecule has 0 saturated heterocycles. The molecule has 11 heteroatoms. The fourth-order valence-corrected chi connectivity index (χ4v) is 4.32. The molecule has 2 aromatic heterocycles. The number of alkyl halides is 2. The fraction of sp³-hybridized carbons (Fsp3) is 0.250. The number of anilines is 1. The summed E-state index contributed by atoms with van der Waals surface area (Å²) in [7, 11) is 0. The minimum Gasteiger partial charge on any atom is -0.465 e. The first-order valence-corrected chi connectivity index (χ1v) is 12.3. The second kappa shape index (κ2) is 10.3.